The van der Waals surface area contributed by atoms with Crippen molar-refractivity contribution in [2.45, 2.75) is 20.3 Å². The summed E-state index contributed by atoms with van der Waals surface area (Å²) in [4.78, 5) is 2.50. The minimum absolute atomic E-state index is 0.705. The quantitative estimate of drug-likeness (QED) is 0.765. The molecule has 0 saturated carbocycles. The van der Waals surface area contributed by atoms with Crippen molar-refractivity contribution in [3.8, 4) is 0 Å². The molecular formula is C16H26N2O. The zero-order valence-electron chi connectivity index (χ0n) is 12.2. The van der Waals surface area contributed by atoms with Crippen LogP contribution in [0.4, 0.5) is 5.69 Å². The zero-order valence-corrected chi connectivity index (χ0v) is 12.2. The number of rotatable bonds is 7. The number of ether oxygens (including phenoxy) is 1. The maximum absolute atomic E-state index is 5.45. The predicted molar refractivity (Wildman–Crippen MR) is 80.7 cm³/mol. The summed E-state index contributed by atoms with van der Waals surface area (Å²) < 4.78 is 5.45. The van der Waals surface area contributed by atoms with E-state index in [1.807, 2.05) is 0 Å². The van der Waals surface area contributed by atoms with Crippen LogP contribution in [0, 0.1) is 5.92 Å². The number of para-hydroxylation sites is 1. The molecule has 1 atom stereocenters. The summed E-state index contributed by atoms with van der Waals surface area (Å²) in [5.74, 6) is 0.705. The van der Waals surface area contributed by atoms with Gasteiger partial charge < -0.3 is 15.0 Å². The van der Waals surface area contributed by atoms with E-state index in [9.17, 15) is 0 Å². The Labute approximate surface area is 116 Å². The largest absolute Gasteiger partial charge is 0.384 e. The second kappa shape index (κ2) is 7.51. The van der Waals surface area contributed by atoms with E-state index in [4.69, 9.17) is 4.74 Å². The third-order valence-electron chi connectivity index (χ3n) is 3.83. The Hall–Kier alpha value is -1.06. The predicted octanol–water partition coefficient (Wildman–Crippen LogP) is 2.63. The van der Waals surface area contributed by atoms with Crippen molar-refractivity contribution in [3.63, 3.8) is 0 Å². The fourth-order valence-corrected chi connectivity index (χ4v) is 2.72. The highest BCUT2D eigenvalue weighted by molar-refractivity contribution is 5.53. The Bertz CT molecular complexity index is 381. The molecule has 1 N–H and O–H groups in total. The lowest BCUT2D eigenvalue weighted by Crippen LogP contribution is -2.37. The molecule has 0 radical (unpaired) electrons. The average molecular weight is 262 g/mol. The van der Waals surface area contributed by atoms with Crippen molar-refractivity contribution in [1.29, 1.82) is 0 Å². The van der Waals surface area contributed by atoms with Crippen molar-refractivity contribution < 1.29 is 4.74 Å². The zero-order chi connectivity index (χ0) is 13.5. The number of nitrogens with one attached hydrogen (secondary N) is 1. The minimum Gasteiger partial charge on any atom is -0.384 e. The van der Waals surface area contributed by atoms with Gasteiger partial charge in [0.25, 0.3) is 0 Å². The summed E-state index contributed by atoms with van der Waals surface area (Å²) in [6.07, 6.45) is 1.19. The highest BCUT2D eigenvalue weighted by Crippen LogP contribution is 2.24. The van der Waals surface area contributed by atoms with Crippen LogP contribution in [0.3, 0.4) is 0 Å². The van der Waals surface area contributed by atoms with Gasteiger partial charge in [-0.1, -0.05) is 25.1 Å². The molecule has 0 bridgehead atoms. The third kappa shape index (κ3) is 4.22. The van der Waals surface area contributed by atoms with Crippen LogP contribution in [0.5, 0.6) is 0 Å². The van der Waals surface area contributed by atoms with Gasteiger partial charge >= 0.3 is 0 Å². The number of hydrogen-bond donors (Lipinski definition) is 1. The Morgan fingerprint density at radius 1 is 1.32 bits per heavy atom. The van der Waals surface area contributed by atoms with Gasteiger partial charge in [-0.05, 0) is 37.4 Å². The van der Waals surface area contributed by atoms with Crippen molar-refractivity contribution >= 4 is 5.69 Å². The third-order valence-corrected chi connectivity index (χ3v) is 3.83. The molecule has 19 heavy (non-hydrogen) atoms. The van der Waals surface area contributed by atoms with E-state index in [-0.39, 0.29) is 0 Å². The van der Waals surface area contributed by atoms with Crippen molar-refractivity contribution in [1.82, 2.24) is 4.90 Å². The van der Waals surface area contributed by atoms with Gasteiger partial charge in [-0.2, -0.15) is 0 Å². The van der Waals surface area contributed by atoms with Gasteiger partial charge in [0.15, 0.2) is 0 Å². The Kier molecular flexibility index (Phi) is 5.67. The van der Waals surface area contributed by atoms with Gasteiger partial charge in [0.2, 0.25) is 0 Å². The fourth-order valence-electron chi connectivity index (χ4n) is 2.72. The maximum atomic E-state index is 5.45. The second-order valence-electron chi connectivity index (χ2n) is 5.20. The van der Waals surface area contributed by atoms with Crippen LogP contribution in [-0.4, -0.2) is 44.3 Å². The Morgan fingerprint density at radius 3 is 2.95 bits per heavy atom. The molecule has 106 valence electrons. The van der Waals surface area contributed by atoms with Crippen LogP contribution in [0.15, 0.2) is 24.3 Å². The van der Waals surface area contributed by atoms with Crippen molar-refractivity contribution in [2.24, 2.45) is 5.92 Å². The molecule has 0 aliphatic carbocycles. The summed E-state index contributed by atoms with van der Waals surface area (Å²) in [6.45, 7) is 10.3. The van der Waals surface area contributed by atoms with Gasteiger partial charge in [-0.3, -0.25) is 0 Å². The second-order valence-corrected chi connectivity index (χ2v) is 5.20. The highest BCUT2D eigenvalue weighted by Gasteiger charge is 2.19. The SMILES string of the molecule is CCOCCN(CC)CC1CNc2ccccc2C1. The van der Waals surface area contributed by atoms with E-state index in [1.54, 1.807) is 0 Å². The molecule has 0 amide bonds. The van der Waals surface area contributed by atoms with E-state index >= 15 is 0 Å². The number of nitrogens with zero attached hydrogens (tertiary/aromatic N) is 1. The van der Waals surface area contributed by atoms with Gasteiger partial charge in [-0.15, -0.1) is 0 Å². The molecule has 1 aliphatic heterocycles. The molecule has 1 unspecified atom stereocenters. The molecule has 1 aliphatic rings. The van der Waals surface area contributed by atoms with Crippen LogP contribution in [0.2, 0.25) is 0 Å². The summed E-state index contributed by atoms with van der Waals surface area (Å²) in [6, 6.07) is 8.66. The van der Waals surface area contributed by atoms with E-state index in [2.05, 4.69) is 48.3 Å². The molecule has 0 fully saturated rings. The first-order valence-electron chi connectivity index (χ1n) is 7.45. The van der Waals surface area contributed by atoms with Gasteiger partial charge in [0, 0.05) is 31.9 Å². The van der Waals surface area contributed by atoms with Crippen molar-refractivity contribution in [2.75, 3.05) is 44.7 Å². The monoisotopic (exact) mass is 262 g/mol. The van der Waals surface area contributed by atoms with Gasteiger partial charge in [0.1, 0.15) is 0 Å². The lowest BCUT2D eigenvalue weighted by molar-refractivity contribution is 0.109. The fraction of sp³-hybridized carbons (Fsp3) is 0.625. The Balaban J connectivity index is 1.83. The van der Waals surface area contributed by atoms with Crippen molar-refractivity contribution in [3.05, 3.63) is 29.8 Å². The lowest BCUT2D eigenvalue weighted by atomic mass is 9.93. The van der Waals surface area contributed by atoms with E-state index in [0.717, 1.165) is 39.4 Å². The molecule has 3 nitrogen and oxygen atoms in total. The summed E-state index contributed by atoms with van der Waals surface area (Å²) >= 11 is 0. The molecule has 1 aromatic carbocycles. The normalized spacial score (nSPS) is 18.2. The molecule has 1 heterocycles. The number of likely N-dealkylation sites (N-methyl/N-ethyl adjacent to an activating group) is 1. The average Bonchev–Trinajstić information content (AvgIpc) is 2.46. The number of fused-ring (bicyclic) bond motifs is 1. The van der Waals surface area contributed by atoms with E-state index < -0.39 is 0 Å². The van der Waals surface area contributed by atoms with Crippen LogP contribution in [0.1, 0.15) is 19.4 Å². The van der Waals surface area contributed by atoms with Crippen LogP contribution in [-0.2, 0) is 11.2 Å². The molecule has 0 aromatic heterocycles. The van der Waals surface area contributed by atoms with Gasteiger partial charge in [0.05, 0.1) is 6.61 Å². The molecule has 0 saturated heterocycles. The first-order chi connectivity index (χ1) is 9.33. The summed E-state index contributed by atoms with van der Waals surface area (Å²) in [7, 11) is 0. The molecule has 1 aromatic rings. The number of hydrogen-bond acceptors (Lipinski definition) is 3. The van der Waals surface area contributed by atoms with Crippen LogP contribution >= 0.6 is 0 Å². The molecular weight excluding hydrogens is 236 g/mol. The summed E-state index contributed by atoms with van der Waals surface area (Å²) in [5.41, 5.74) is 2.77. The van der Waals surface area contributed by atoms with E-state index in [1.165, 1.54) is 17.7 Å². The smallest absolute Gasteiger partial charge is 0.0593 e. The molecule has 0 spiro atoms. The van der Waals surface area contributed by atoms with Gasteiger partial charge in [-0.25, -0.2) is 0 Å². The molecule has 3 heteroatoms. The standard InChI is InChI=1S/C16H26N2O/c1-3-18(9-10-19-4-2)13-14-11-15-7-5-6-8-16(15)17-12-14/h5-8,14,17H,3-4,9-13H2,1-2H3. The molecule has 2 rings (SSSR count). The van der Waals surface area contributed by atoms with E-state index in [0.29, 0.717) is 5.92 Å². The first kappa shape index (κ1) is 14.4. The van der Waals surface area contributed by atoms with Crippen LogP contribution < -0.4 is 5.32 Å². The minimum atomic E-state index is 0.705. The highest BCUT2D eigenvalue weighted by atomic mass is 16.5. The lowest BCUT2D eigenvalue weighted by Gasteiger charge is -2.31. The summed E-state index contributed by atoms with van der Waals surface area (Å²) in [5, 5.41) is 3.55. The maximum Gasteiger partial charge on any atom is 0.0593 e. The number of benzene rings is 1. The Morgan fingerprint density at radius 2 is 2.16 bits per heavy atom. The number of anilines is 1. The topological polar surface area (TPSA) is 24.5 Å². The first-order valence-corrected chi connectivity index (χ1v) is 7.45. The van der Waals surface area contributed by atoms with Crippen LogP contribution in [0.25, 0.3) is 0 Å².